The summed E-state index contributed by atoms with van der Waals surface area (Å²) in [5, 5.41) is 4.00. The summed E-state index contributed by atoms with van der Waals surface area (Å²) in [4.78, 5) is 20.9. The first-order valence-electron chi connectivity index (χ1n) is 12.0. The molecule has 1 aliphatic carbocycles. The molecule has 7 nitrogen and oxygen atoms in total. The van der Waals surface area contributed by atoms with Crippen molar-refractivity contribution in [3.8, 4) is 0 Å². The zero-order valence-electron chi connectivity index (χ0n) is 19.4. The van der Waals surface area contributed by atoms with Gasteiger partial charge in [0.25, 0.3) is 15.9 Å². The van der Waals surface area contributed by atoms with E-state index < -0.39 is 10.0 Å². The van der Waals surface area contributed by atoms with E-state index in [0.717, 1.165) is 43.0 Å². The van der Waals surface area contributed by atoms with Gasteiger partial charge in [0.2, 0.25) is 0 Å². The molecule has 178 valence electrons. The fourth-order valence-corrected chi connectivity index (χ4v) is 5.91. The number of aryl methyl sites for hydroxylation is 1. The lowest BCUT2D eigenvalue weighted by molar-refractivity contribution is 0.102. The van der Waals surface area contributed by atoms with E-state index in [2.05, 4.69) is 26.9 Å². The second kappa shape index (κ2) is 9.25. The van der Waals surface area contributed by atoms with Crippen molar-refractivity contribution < 1.29 is 13.2 Å². The van der Waals surface area contributed by atoms with Crippen LogP contribution in [-0.4, -0.2) is 31.7 Å². The Morgan fingerprint density at radius 2 is 1.88 bits per heavy atom. The highest BCUT2D eigenvalue weighted by molar-refractivity contribution is 7.90. The van der Waals surface area contributed by atoms with Gasteiger partial charge in [0, 0.05) is 40.8 Å². The number of H-pyrrole nitrogens is 1. The van der Waals surface area contributed by atoms with Gasteiger partial charge in [-0.2, -0.15) is 0 Å². The second-order valence-electron chi connectivity index (χ2n) is 9.41. The molecule has 34 heavy (non-hydrogen) atoms. The van der Waals surface area contributed by atoms with E-state index in [1.807, 2.05) is 18.2 Å². The zero-order chi connectivity index (χ0) is 23.7. The summed E-state index contributed by atoms with van der Waals surface area (Å²) in [5.41, 5.74) is 4.79. The van der Waals surface area contributed by atoms with E-state index >= 15 is 0 Å². The van der Waals surface area contributed by atoms with Gasteiger partial charge >= 0.3 is 0 Å². The van der Waals surface area contributed by atoms with Crippen molar-refractivity contribution in [1.82, 2.24) is 9.71 Å². The molecule has 0 unspecified atom stereocenters. The number of hydrogen-bond acceptors (Lipinski definition) is 4. The Labute approximate surface area is 200 Å². The smallest absolute Gasteiger partial charge is 0.262 e. The van der Waals surface area contributed by atoms with Gasteiger partial charge in [-0.05, 0) is 86.1 Å². The largest absolute Gasteiger partial charge is 0.358 e. The quantitative estimate of drug-likeness (QED) is 0.502. The lowest BCUT2D eigenvalue weighted by atomic mass is 9.87. The van der Waals surface area contributed by atoms with Gasteiger partial charge in [0.15, 0.2) is 0 Å². The maximum Gasteiger partial charge on any atom is 0.262 e. The third kappa shape index (κ3) is 4.73. The minimum absolute atomic E-state index is 0.145. The Balaban J connectivity index is 1.30. The number of aromatic nitrogens is 1. The maximum atomic E-state index is 12.9. The summed E-state index contributed by atoms with van der Waals surface area (Å²) < 4.78 is 28.1. The summed E-state index contributed by atoms with van der Waals surface area (Å²) in [6, 6.07) is 12.0. The van der Waals surface area contributed by atoms with Crippen LogP contribution in [0.1, 0.15) is 60.6 Å². The first kappa shape index (κ1) is 22.7. The van der Waals surface area contributed by atoms with Crippen molar-refractivity contribution in [2.24, 2.45) is 10.9 Å². The van der Waals surface area contributed by atoms with E-state index in [4.69, 9.17) is 0 Å². The number of carbonyl (C=O) groups is 1. The van der Waals surface area contributed by atoms with Crippen molar-refractivity contribution in [3.05, 3.63) is 59.3 Å². The molecule has 0 spiro atoms. The van der Waals surface area contributed by atoms with E-state index in [9.17, 15) is 13.2 Å². The summed E-state index contributed by atoms with van der Waals surface area (Å²) in [7, 11) is -3.70. The molecule has 0 saturated heterocycles. The molecule has 1 atom stereocenters. The predicted molar refractivity (Wildman–Crippen MR) is 135 cm³/mol. The Morgan fingerprint density at radius 1 is 1.06 bits per heavy atom. The van der Waals surface area contributed by atoms with Crippen molar-refractivity contribution >= 4 is 38.4 Å². The summed E-state index contributed by atoms with van der Waals surface area (Å²) in [6.45, 7) is 2.92. The third-order valence-corrected chi connectivity index (χ3v) is 8.14. The van der Waals surface area contributed by atoms with Crippen molar-refractivity contribution in [3.63, 3.8) is 0 Å². The number of amidine groups is 1. The molecule has 0 bridgehead atoms. The van der Waals surface area contributed by atoms with Crippen LogP contribution in [0.15, 0.2) is 52.4 Å². The highest BCUT2D eigenvalue weighted by Gasteiger charge is 2.21. The molecule has 5 rings (SSSR count). The van der Waals surface area contributed by atoms with Crippen LogP contribution in [0.2, 0.25) is 0 Å². The lowest BCUT2D eigenvalue weighted by Crippen LogP contribution is -2.30. The number of anilines is 1. The topological polar surface area (TPSA) is 103 Å². The molecule has 1 aromatic heterocycles. The van der Waals surface area contributed by atoms with Gasteiger partial charge in [-0.25, -0.2) is 8.42 Å². The fourth-order valence-electron chi connectivity index (χ4n) is 4.82. The first-order chi connectivity index (χ1) is 16.4. The molecular formula is C26H30N4O3S. The molecule has 2 heterocycles. The summed E-state index contributed by atoms with van der Waals surface area (Å²) in [5.74, 6) is 0.941. The Hall–Kier alpha value is -3.13. The molecule has 0 radical (unpaired) electrons. The number of fused-ring (bicyclic) bond motifs is 3. The average molecular weight is 479 g/mol. The van der Waals surface area contributed by atoms with Crippen LogP contribution in [0, 0.1) is 5.92 Å². The lowest BCUT2D eigenvalue weighted by Gasteiger charge is -2.18. The van der Waals surface area contributed by atoms with Gasteiger partial charge in [-0.1, -0.05) is 13.3 Å². The SMILES string of the molecule is C[C@H]1CCc2[nH]c3ccc(C(=O)Nc4ccc(S(=O)(=O)NC5=NCCCCC5)cc4)cc3c2C1. The van der Waals surface area contributed by atoms with Crippen LogP contribution in [0.25, 0.3) is 10.9 Å². The van der Waals surface area contributed by atoms with Gasteiger partial charge in [0.05, 0.1) is 4.90 Å². The highest BCUT2D eigenvalue weighted by Crippen LogP contribution is 2.32. The molecule has 0 fully saturated rings. The minimum atomic E-state index is -3.70. The summed E-state index contributed by atoms with van der Waals surface area (Å²) in [6.07, 6.45) is 6.87. The Bertz CT molecular complexity index is 1360. The average Bonchev–Trinajstić information content (AvgIpc) is 2.98. The number of benzene rings is 2. The Morgan fingerprint density at radius 3 is 2.71 bits per heavy atom. The third-order valence-electron chi connectivity index (χ3n) is 6.75. The zero-order valence-corrected chi connectivity index (χ0v) is 20.2. The molecule has 3 N–H and O–H groups in total. The molecule has 1 aliphatic heterocycles. The van der Waals surface area contributed by atoms with Gasteiger partial charge in [0.1, 0.15) is 5.84 Å². The molecule has 1 amide bonds. The van der Waals surface area contributed by atoms with Crippen LogP contribution >= 0.6 is 0 Å². The molecule has 8 heteroatoms. The van der Waals surface area contributed by atoms with Crippen LogP contribution in [-0.2, 0) is 22.9 Å². The van der Waals surface area contributed by atoms with Crippen LogP contribution < -0.4 is 10.0 Å². The van der Waals surface area contributed by atoms with Gasteiger partial charge in [-0.3, -0.25) is 14.5 Å². The number of rotatable bonds is 4. The molecule has 2 aromatic carbocycles. The highest BCUT2D eigenvalue weighted by atomic mass is 32.2. The normalized spacial score (nSPS) is 18.6. The standard InChI is InChI=1S/C26H30N4O3S/c1-17-6-12-23-21(15-17)22-16-18(7-13-24(22)29-23)26(31)28-19-8-10-20(11-9-19)34(32,33)30-25-5-3-2-4-14-27-25/h7-11,13,16-17,29H,2-6,12,14-15H2,1H3,(H,27,30)(H,28,31)/t17-/m0/s1. The molecular weight excluding hydrogens is 448 g/mol. The van der Waals surface area contributed by atoms with Gasteiger partial charge < -0.3 is 10.3 Å². The van der Waals surface area contributed by atoms with Crippen molar-refractivity contribution in [1.29, 1.82) is 0 Å². The number of nitrogens with zero attached hydrogens (tertiary/aromatic N) is 1. The van der Waals surface area contributed by atoms with Gasteiger partial charge in [-0.15, -0.1) is 0 Å². The summed E-state index contributed by atoms with van der Waals surface area (Å²) >= 11 is 0. The number of amides is 1. The number of carbonyl (C=O) groups excluding carboxylic acids is 1. The van der Waals surface area contributed by atoms with Crippen LogP contribution in [0.3, 0.4) is 0 Å². The Kier molecular flexibility index (Phi) is 6.16. The number of nitrogens with one attached hydrogen (secondary N) is 3. The molecule has 3 aromatic rings. The van der Waals surface area contributed by atoms with E-state index in [1.165, 1.54) is 29.8 Å². The van der Waals surface area contributed by atoms with E-state index in [-0.39, 0.29) is 10.8 Å². The monoisotopic (exact) mass is 478 g/mol. The van der Waals surface area contributed by atoms with Crippen molar-refractivity contribution in [2.75, 3.05) is 11.9 Å². The predicted octanol–water partition coefficient (Wildman–Crippen LogP) is 4.80. The van der Waals surface area contributed by atoms with E-state index in [1.54, 1.807) is 12.1 Å². The maximum absolute atomic E-state index is 12.9. The minimum Gasteiger partial charge on any atom is -0.358 e. The number of hydrogen-bond donors (Lipinski definition) is 3. The van der Waals surface area contributed by atoms with Crippen molar-refractivity contribution in [2.45, 2.75) is 56.8 Å². The molecule has 0 saturated carbocycles. The fraction of sp³-hybridized carbons (Fsp3) is 0.385. The van der Waals surface area contributed by atoms with Crippen LogP contribution in [0.4, 0.5) is 5.69 Å². The van der Waals surface area contributed by atoms with E-state index in [0.29, 0.717) is 36.0 Å². The number of aliphatic imine (C=N–C) groups is 1. The second-order valence-corrected chi connectivity index (χ2v) is 11.1. The number of aromatic amines is 1. The number of sulfonamides is 1. The van der Waals surface area contributed by atoms with Crippen LogP contribution in [0.5, 0.6) is 0 Å². The first-order valence-corrected chi connectivity index (χ1v) is 13.5. The molecule has 2 aliphatic rings.